The first-order valence-electron chi connectivity index (χ1n) is 7.78. The van der Waals surface area contributed by atoms with Crippen molar-refractivity contribution < 1.29 is 0 Å². The van der Waals surface area contributed by atoms with E-state index in [1.807, 2.05) is 10.9 Å². The van der Waals surface area contributed by atoms with Gasteiger partial charge in [0.25, 0.3) is 0 Å². The fourth-order valence-electron chi connectivity index (χ4n) is 2.94. The van der Waals surface area contributed by atoms with Crippen LogP contribution >= 0.6 is 0 Å². The number of rotatable bonds is 6. The molecule has 1 aromatic rings. The number of nitrogens with zero attached hydrogens (tertiary/aromatic N) is 4. The van der Waals surface area contributed by atoms with Crippen molar-refractivity contribution in [2.75, 3.05) is 40.3 Å². The molecule has 20 heavy (non-hydrogen) atoms. The third-order valence-electron chi connectivity index (χ3n) is 4.32. The lowest BCUT2D eigenvalue weighted by Gasteiger charge is -2.39. The van der Waals surface area contributed by atoms with Crippen LogP contribution in [0.3, 0.4) is 0 Å². The topological polar surface area (TPSA) is 36.3 Å². The van der Waals surface area contributed by atoms with Crippen molar-refractivity contribution >= 4 is 0 Å². The number of aryl methyl sites for hydroxylation is 1. The zero-order chi connectivity index (χ0) is 14.5. The monoisotopic (exact) mass is 279 g/mol. The van der Waals surface area contributed by atoms with Gasteiger partial charge in [0.2, 0.25) is 0 Å². The van der Waals surface area contributed by atoms with Gasteiger partial charge in [0.05, 0.1) is 6.20 Å². The van der Waals surface area contributed by atoms with Gasteiger partial charge in [0, 0.05) is 50.0 Å². The van der Waals surface area contributed by atoms with E-state index in [2.05, 4.69) is 54.4 Å². The van der Waals surface area contributed by atoms with Crippen molar-refractivity contribution in [2.24, 2.45) is 0 Å². The zero-order valence-electron chi connectivity index (χ0n) is 13.3. The van der Waals surface area contributed by atoms with Gasteiger partial charge < -0.3 is 15.1 Å². The Balaban J connectivity index is 2.04. The molecule has 2 heterocycles. The molecule has 2 rings (SSSR count). The van der Waals surface area contributed by atoms with Gasteiger partial charge in [-0.2, -0.15) is 5.10 Å². The summed E-state index contributed by atoms with van der Waals surface area (Å²) < 4.78 is 2.01. The highest BCUT2D eigenvalue weighted by Crippen LogP contribution is 2.22. The van der Waals surface area contributed by atoms with Crippen molar-refractivity contribution in [1.29, 1.82) is 0 Å². The molecule has 5 heteroatoms. The SMILES string of the molecule is CCNC(CC1CN(C)CCN1C)c1cnn(CC)c1. The maximum atomic E-state index is 4.42. The second kappa shape index (κ2) is 7.20. The Morgan fingerprint density at radius 1 is 1.35 bits per heavy atom. The molecule has 0 spiro atoms. The maximum absolute atomic E-state index is 4.42. The molecule has 1 aliphatic rings. The number of hydrogen-bond donors (Lipinski definition) is 1. The number of likely N-dealkylation sites (N-methyl/N-ethyl adjacent to an activating group) is 2. The van der Waals surface area contributed by atoms with Gasteiger partial charge in [-0.05, 0) is 34.0 Å². The van der Waals surface area contributed by atoms with E-state index in [-0.39, 0.29) is 0 Å². The van der Waals surface area contributed by atoms with E-state index in [0.717, 1.165) is 32.6 Å². The molecular formula is C15H29N5. The quantitative estimate of drug-likeness (QED) is 0.848. The first kappa shape index (κ1) is 15.5. The predicted octanol–water partition coefficient (Wildman–Crippen LogP) is 1.19. The van der Waals surface area contributed by atoms with Crippen molar-refractivity contribution in [1.82, 2.24) is 24.9 Å². The summed E-state index contributed by atoms with van der Waals surface area (Å²) in [5, 5.41) is 8.04. The Morgan fingerprint density at radius 3 is 2.80 bits per heavy atom. The van der Waals surface area contributed by atoms with Crippen LogP contribution in [-0.2, 0) is 6.54 Å². The Labute approximate surface area is 122 Å². The van der Waals surface area contributed by atoms with E-state index in [1.54, 1.807) is 0 Å². The summed E-state index contributed by atoms with van der Waals surface area (Å²) in [6, 6.07) is 1.02. The highest BCUT2D eigenvalue weighted by Gasteiger charge is 2.26. The second-order valence-corrected chi connectivity index (χ2v) is 5.87. The minimum atomic E-state index is 0.402. The highest BCUT2D eigenvalue weighted by atomic mass is 15.3. The lowest BCUT2D eigenvalue weighted by atomic mass is 9.99. The van der Waals surface area contributed by atoms with Gasteiger partial charge in [-0.15, -0.1) is 0 Å². The smallest absolute Gasteiger partial charge is 0.0537 e. The van der Waals surface area contributed by atoms with Gasteiger partial charge >= 0.3 is 0 Å². The average molecular weight is 279 g/mol. The van der Waals surface area contributed by atoms with Gasteiger partial charge in [-0.1, -0.05) is 6.92 Å². The molecule has 0 aliphatic carbocycles. The van der Waals surface area contributed by atoms with Gasteiger partial charge in [0.1, 0.15) is 0 Å². The van der Waals surface area contributed by atoms with Crippen LogP contribution in [0, 0.1) is 0 Å². The van der Waals surface area contributed by atoms with Crippen LogP contribution in [0.25, 0.3) is 0 Å². The van der Waals surface area contributed by atoms with Gasteiger partial charge in [-0.25, -0.2) is 0 Å². The van der Waals surface area contributed by atoms with Crippen LogP contribution in [-0.4, -0.2) is 65.9 Å². The lowest BCUT2D eigenvalue weighted by molar-refractivity contribution is 0.101. The molecule has 0 bridgehead atoms. The summed E-state index contributed by atoms with van der Waals surface area (Å²) in [4.78, 5) is 4.93. The predicted molar refractivity (Wildman–Crippen MR) is 82.9 cm³/mol. The van der Waals surface area contributed by atoms with Crippen molar-refractivity contribution in [2.45, 2.75) is 38.9 Å². The number of nitrogens with one attached hydrogen (secondary N) is 1. The molecule has 2 unspecified atom stereocenters. The number of aromatic nitrogens is 2. The van der Waals surface area contributed by atoms with Gasteiger partial charge in [0.15, 0.2) is 0 Å². The van der Waals surface area contributed by atoms with Crippen LogP contribution in [0.2, 0.25) is 0 Å². The van der Waals surface area contributed by atoms with Crippen molar-refractivity contribution in [3.05, 3.63) is 18.0 Å². The van der Waals surface area contributed by atoms with Crippen LogP contribution in [0.15, 0.2) is 12.4 Å². The molecular weight excluding hydrogens is 250 g/mol. The molecule has 0 saturated carbocycles. The first-order valence-corrected chi connectivity index (χ1v) is 7.78. The Bertz CT molecular complexity index is 403. The Hall–Kier alpha value is -0.910. The molecule has 1 saturated heterocycles. The molecule has 0 radical (unpaired) electrons. The summed E-state index contributed by atoms with van der Waals surface area (Å²) >= 11 is 0. The van der Waals surface area contributed by atoms with E-state index < -0.39 is 0 Å². The fraction of sp³-hybridized carbons (Fsp3) is 0.800. The summed E-state index contributed by atoms with van der Waals surface area (Å²) in [5.41, 5.74) is 1.32. The van der Waals surface area contributed by atoms with Crippen LogP contribution in [0.1, 0.15) is 31.9 Å². The fourth-order valence-corrected chi connectivity index (χ4v) is 2.94. The van der Waals surface area contributed by atoms with E-state index in [9.17, 15) is 0 Å². The van der Waals surface area contributed by atoms with Crippen LogP contribution < -0.4 is 5.32 Å². The van der Waals surface area contributed by atoms with E-state index in [4.69, 9.17) is 0 Å². The molecule has 1 N–H and O–H groups in total. The standard InChI is InChI=1S/C15H29N5/c1-5-16-15(13-10-17-20(6-2)11-13)9-14-12-18(3)7-8-19(14)4/h10-11,14-16H,5-9,12H2,1-4H3. The minimum absolute atomic E-state index is 0.402. The second-order valence-electron chi connectivity index (χ2n) is 5.87. The molecule has 1 aliphatic heterocycles. The molecule has 0 amide bonds. The Morgan fingerprint density at radius 2 is 2.15 bits per heavy atom. The molecule has 5 nitrogen and oxygen atoms in total. The van der Waals surface area contributed by atoms with Crippen LogP contribution in [0.5, 0.6) is 0 Å². The van der Waals surface area contributed by atoms with Crippen LogP contribution in [0.4, 0.5) is 0 Å². The van der Waals surface area contributed by atoms with E-state index in [1.165, 1.54) is 12.1 Å². The number of hydrogen-bond acceptors (Lipinski definition) is 4. The largest absolute Gasteiger partial charge is 0.310 e. The van der Waals surface area contributed by atoms with Crippen molar-refractivity contribution in [3.63, 3.8) is 0 Å². The lowest BCUT2D eigenvalue weighted by Crippen LogP contribution is -2.51. The summed E-state index contributed by atoms with van der Waals surface area (Å²) in [6.45, 7) is 9.72. The zero-order valence-corrected chi connectivity index (χ0v) is 13.3. The minimum Gasteiger partial charge on any atom is -0.310 e. The average Bonchev–Trinajstić information content (AvgIpc) is 2.91. The van der Waals surface area contributed by atoms with E-state index in [0.29, 0.717) is 12.1 Å². The summed E-state index contributed by atoms with van der Waals surface area (Å²) in [6.07, 6.45) is 5.34. The summed E-state index contributed by atoms with van der Waals surface area (Å²) in [7, 11) is 4.47. The molecule has 1 fully saturated rings. The Kier molecular flexibility index (Phi) is 5.57. The van der Waals surface area contributed by atoms with E-state index >= 15 is 0 Å². The first-order chi connectivity index (χ1) is 9.63. The highest BCUT2D eigenvalue weighted by molar-refractivity contribution is 5.11. The summed E-state index contributed by atoms with van der Waals surface area (Å²) in [5.74, 6) is 0. The maximum Gasteiger partial charge on any atom is 0.0537 e. The third-order valence-corrected chi connectivity index (χ3v) is 4.32. The van der Waals surface area contributed by atoms with Crippen molar-refractivity contribution in [3.8, 4) is 0 Å². The molecule has 0 aromatic carbocycles. The molecule has 1 aromatic heterocycles. The third kappa shape index (κ3) is 3.81. The molecule has 2 atom stereocenters. The molecule has 114 valence electrons. The number of piperazine rings is 1. The van der Waals surface area contributed by atoms with Gasteiger partial charge in [-0.3, -0.25) is 4.68 Å². The normalized spacial score (nSPS) is 23.1.